The van der Waals surface area contributed by atoms with Gasteiger partial charge in [-0.3, -0.25) is 9.69 Å². The van der Waals surface area contributed by atoms with E-state index in [1.807, 2.05) is 32.0 Å². The van der Waals surface area contributed by atoms with E-state index in [4.69, 9.17) is 15.2 Å². The van der Waals surface area contributed by atoms with Gasteiger partial charge in [0, 0.05) is 16.9 Å². The molecule has 0 bridgehead atoms. The van der Waals surface area contributed by atoms with Crippen LogP contribution in [0.5, 0.6) is 0 Å². The highest BCUT2D eigenvalue weighted by atomic mass is 16.5. The normalized spacial score (nSPS) is 14.7. The number of nitrogens with two attached hydrogens (primary N) is 1. The van der Waals surface area contributed by atoms with Crippen LogP contribution in [-0.2, 0) is 31.9 Å². The molecule has 214 valence electrons. The second kappa shape index (κ2) is 12.9. The van der Waals surface area contributed by atoms with Gasteiger partial charge in [-0.2, -0.15) is 5.26 Å². The number of nitriles is 1. The van der Waals surface area contributed by atoms with Gasteiger partial charge < -0.3 is 20.5 Å². The number of rotatable bonds is 8. The molecule has 1 unspecified atom stereocenters. The Kier molecular flexibility index (Phi) is 9.08. The highest BCUT2D eigenvalue weighted by Gasteiger charge is 2.43. The van der Waals surface area contributed by atoms with Gasteiger partial charge >= 0.3 is 11.9 Å². The number of allylic oxidation sites excluding steroid dienone is 1. The summed E-state index contributed by atoms with van der Waals surface area (Å²) in [7, 11) is 2.37. The monoisotopic (exact) mass is 564 g/mol. The van der Waals surface area contributed by atoms with E-state index in [0.717, 1.165) is 29.7 Å². The molecular formula is C33H32N4O5. The van der Waals surface area contributed by atoms with Crippen LogP contribution in [0.1, 0.15) is 46.8 Å². The molecule has 1 aliphatic rings. The summed E-state index contributed by atoms with van der Waals surface area (Å²) in [6.07, 6.45) is 1.48. The molecule has 1 atom stereocenters. The predicted octanol–water partition coefficient (Wildman–Crippen LogP) is 4.96. The molecule has 9 nitrogen and oxygen atoms in total. The topological polar surface area (TPSA) is 135 Å². The number of nitrogens with one attached hydrogen (secondary N) is 1. The van der Waals surface area contributed by atoms with Crippen molar-refractivity contribution in [1.29, 1.82) is 5.26 Å². The highest BCUT2D eigenvalue weighted by molar-refractivity contribution is 6.08. The van der Waals surface area contributed by atoms with Crippen LogP contribution < -0.4 is 16.0 Å². The minimum absolute atomic E-state index is 0.0357. The second-order valence-electron chi connectivity index (χ2n) is 9.50. The number of carbonyl (C=O) groups excluding carboxylic acids is 3. The molecule has 0 saturated heterocycles. The molecule has 0 saturated carbocycles. The van der Waals surface area contributed by atoms with E-state index < -0.39 is 17.9 Å². The van der Waals surface area contributed by atoms with E-state index in [9.17, 15) is 19.6 Å². The third-order valence-electron chi connectivity index (χ3n) is 7.21. The minimum atomic E-state index is -0.988. The molecule has 3 aromatic carbocycles. The summed E-state index contributed by atoms with van der Waals surface area (Å²) >= 11 is 0. The first-order valence-electron chi connectivity index (χ1n) is 13.5. The van der Waals surface area contributed by atoms with Gasteiger partial charge in [0.15, 0.2) is 0 Å². The summed E-state index contributed by atoms with van der Waals surface area (Å²) in [4.78, 5) is 41.4. The van der Waals surface area contributed by atoms with Crippen molar-refractivity contribution < 1.29 is 23.9 Å². The Hall–Kier alpha value is -5.36. The van der Waals surface area contributed by atoms with Gasteiger partial charge in [0.25, 0.3) is 5.91 Å². The fraction of sp³-hybridized carbons (Fsp3) is 0.212. The van der Waals surface area contributed by atoms with Gasteiger partial charge in [0.05, 0.1) is 37.4 Å². The Balaban J connectivity index is 1.89. The van der Waals surface area contributed by atoms with E-state index in [-0.39, 0.29) is 39.8 Å². The lowest BCUT2D eigenvalue weighted by Gasteiger charge is -2.36. The number of aryl methyl sites for hydroxylation is 2. The van der Waals surface area contributed by atoms with E-state index >= 15 is 0 Å². The number of amides is 1. The van der Waals surface area contributed by atoms with Crippen LogP contribution in [0, 0.1) is 11.3 Å². The number of methoxy groups -OCH3 is 2. The van der Waals surface area contributed by atoms with Gasteiger partial charge in [0.1, 0.15) is 11.5 Å². The van der Waals surface area contributed by atoms with E-state index in [1.54, 1.807) is 48.5 Å². The predicted molar refractivity (Wildman–Crippen MR) is 159 cm³/mol. The number of ether oxygens (including phenoxy) is 2. The molecule has 0 aliphatic carbocycles. The third kappa shape index (κ3) is 5.47. The van der Waals surface area contributed by atoms with Crippen LogP contribution in [0.3, 0.4) is 0 Å². The Morgan fingerprint density at radius 1 is 0.905 bits per heavy atom. The quantitative estimate of drug-likeness (QED) is 0.367. The molecule has 1 aliphatic heterocycles. The Morgan fingerprint density at radius 3 is 2.10 bits per heavy atom. The third-order valence-corrected chi connectivity index (χ3v) is 7.21. The standard InChI is InChI=1S/C33H32N4O5/c1-5-20-14-10-15-21(6-2)28(20)36-31(38)23-16-11-17-24(18-23)37-29(33(40)42-4)27(32(39)41-3)26(25(19-34)30(37)35)22-12-8-7-9-13-22/h7-18,26H,5-6,35H2,1-4H3,(H,36,38). The van der Waals surface area contributed by atoms with Crippen molar-refractivity contribution in [3.63, 3.8) is 0 Å². The minimum Gasteiger partial charge on any atom is -0.466 e. The molecule has 0 radical (unpaired) electrons. The Labute approximate surface area is 244 Å². The number of nitrogens with zero attached hydrogens (tertiary/aromatic N) is 2. The Bertz CT molecular complexity index is 1610. The summed E-state index contributed by atoms with van der Waals surface area (Å²) in [6, 6.07) is 23.2. The van der Waals surface area contributed by atoms with E-state index in [2.05, 4.69) is 11.4 Å². The molecule has 9 heteroatoms. The number of benzene rings is 3. The number of esters is 2. The Morgan fingerprint density at radius 2 is 1.52 bits per heavy atom. The number of anilines is 2. The fourth-order valence-electron chi connectivity index (χ4n) is 5.16. The second-order valence-corrected chi connectivity index (χ2v) is 9.50. The van der Waals surface area contributed by atoms with Gasteiger partial charge in [-0.05, 0) is 47.7 Å². The first kappa shape index (κ1) is 29.6. The van der Waals surface area contributed by atoms with Crippen molar-refractivity contribution in [3.8, 4) is 6.07 Å². The molecule has 3 N–H and O–H groups in total. The van der Waals surface area contributed by atoms with Crippen LogP contribution >= 0.6 is 0 Å². The maximum Gasteiger partial charge on any atom is 0.355 e. The van der Waals surface area contributed by atoms with Crippen molar-refractivity contribution in [3.05, 3.63) is 118 Å². The number of hydrogen-bond acceptors (Lipinski definition) is 8. The van der Waals surface area contributed by atoms with Crippen molar-refractivity contribution in [2.45, 2.75) is 32.6 Å². The van der Waals surface area contributed by atoms with E-state index in [0.29, 0.717) is 5.56 Å². The van der Waals surface area contributed by atoms with Gasteiger partial charge in [0.2, 0.25) is 0 Å². The number of hydrogen-bond donors (Lipinski definition) is 2. The lowest BCUT2D eigenvalue weighted by atomic mass is 9.81. The summed E-state index contributed by atoms with van der Waals surface area (Å²) in [5.41, 5.74) is 10.2. The van der Waals surface area contributed by atoms with Crippen LogP contribution in [0.15, 0.2) is 95.5 Å². The zero-order valence-corrected chi connectivity index (χ0v) is 23.9. The summed E-state index contributed by atoms with van der Waals surface area (Å²) in [6.45, 7) is 4.04. The van der Waals surface area contributed by atoms with Crippen LogP contribution in [-0.4, -0.2) is 32.1 Å². The van der Waals surface area contributed by atoms with Crippen molar-refractivity contribution in [2.24, 2.45) is 5.73 Å². The van der Waals surface area contributed by atoms with Gasteiger partial charge in [-0.15, -0.1) is 0 Å². The SMILES string of the molecule is CCc1cccc(CC)c1NC(=O)c1cccc(N2C(N)=C(C#N)C(c3ccccc3)C(C(=O)OC)=C2C(=O)OC)c1. The van der Waals surface area contributed by atoms with Crippen molar-refractivity contribution in [2.75, 3.05) is 24.4 Å². The maximum atomic E-state index is 13.5. The van der Waals surface area contributed by atoms with Crippen LogP contribution in [0.25, 0.3) is 0 Å². The molecular weight excluding hydrogens is 532 g/mol. The lowest BCUT2D eigenvalue weighted by molar-refractivity contribution is -0.139. The molecule has 0 spiro atoms. The largest absolute Gasteiger partial charge is 0.466 e. The number of carbonyl (C=O) groups is 3. The summed E-state index contributed by atoms with van der Waals surface area (Å²) < 4.78 is 10.2. The van der Waals surface area contributed by atoms with Gasteiger partial charge in [-0.1, -0.05) is 68.4 Å². The van der Waals surface area contributed by atoms with E-state index in [1.165, 1.54) is 25.2 Å². The smallest absolute Gasteiger partial charge is 0.355 e. The molecule has 3 aromatic rings. The molecule has 4 rings (SSSR count). The molecule has 42 heavy (non-hydrogen) atoms. The fourth-order valence-corrected chi connectivity index (χ4v) is 5.16. The summed E-state index contributed by atoms with van der Waals surface area (Å²) in [5.74, 6) is -3.13. The molecule has 1 amide bonds. The summed E-state index contributed by atoms with van der Waals surface area (Å²) in [5, 5.41) is 13.3. The first-order chi connectivity index (χ1) is 20.3. The molecule has 1 heterocycles. The average Bonchev–Trinajstić information content (AvgIpc) is 3.03. The average molecular weight is 565 g/mol. The zero-order valence-electron chi connectivity index (χ0n) is 23.9. The van der Waals surface area contributed by atoms with Crippen molar-refractivity contribution in [1.82, 2.24) is 0 Å². The maximum absolute atomic E-state index is 13.5. The van der Waals surface area contributed by atoms with Crippen LogP contribution in [0.2, 0.25) is 0 Å². The van der Waals surface area contributed by atoms with Crippen LogP contribution in [0.4, 0.5) is 11.4 Å². The lowest BCUT2D eigenvalue weighted by Crippen LogP contribution is -2.40. The molecule has 0 aromatic heterocycles. The van der Waals surface area contributed by atoms with Crippen molar-refractivity contribution >= 4 is 29.2 Å². The molecule has 0 fully saturated rings. The number of para-hydroxylation sites is 1. The highest BCUT2D eigenvalue weighted by Crippen LogP contribution is 2.43. The van der Waals surface area contributed by atoms with Gasteiger partial charge in [-0.25, -0.2) is 9.59 Å². The zero-order chi connectivity index (χ0) is 30.4. The first-order valence-corrected chi connectivity index (χ1v) is 13.5.